The van der Waals surface area contributed by atoms with Crippen LogP contribution < -0.4 is 10.5 Å². The van der Waals surface area contributed by atoms with Crippen molar-refractivity contribution in [2.24, 2.45) is 0 Å². The maximum Gasteiger partial charge on any atom is 0.239 e. The van der Waals surface area contributed by atoms with Gasteiger partial charge in [-0.15, -0.1) is 10.2 Å². The van der Waals surface area contributed by atoms with Crippen LogP contribution >= 0.6 is 34.8 Å². The summed E-state index contributed by atoms with van der Waals surface area (Å²) in [4.78, 5) is 0. The number of aromatic nitrogens is 2. The highest BCUT2D eigenvalue weighted by Crippen LogP contribution is 2.38. The lowest BCUT2D eigenvalue weighted by atomic mass is 10.1. The lowest BCUT2D eigenvalue weighted by molar-refractivity contribution is 0.454. The van der Waals surface area contributed by atoms with E-state index >= 15 is 0 Å². The summed E-state index contributed by atoms with van der Waals surface area (Å²) >= 11 is 17.8. The van der Waals surface area contributed by atoms with Crippen molar-refractivity contribution in [2.45, 2.75) is 19.6 Å². The summed E-state index contributed by atoms with van der Waals surface area (Å²) in [6, 6.07) is 1.75. The average molecular weight is 341 g/mol. The number of hydrogen-bond donors (Lipinski definition) is 1. The number of anilines is 1. The van der Waals surface area contributed by atoms with Crippen molar-refractivity contribution >= 4 is 40.5 Å². The van der Waals surface area contributed by atoms with Gasteiger partial charge in [-0.1, -0.05) is 48.5 Å². The molecule has 0 fully saturated rings. The molecule has 1 aromatic heterocycles. The number of nitrogen functional groups attached to an aromatic ring is 1. The van der Waals surface area contributed by atoms with Gasteiger partial charge in [-0.05, 0) is 23.6 Å². The van der Waals surface area contributed by atoms with Gasteiger partial charge < -0.3 is 10.5 Å². The Morgan fingerprint density at radius 1 is 1.30 bits per heavy atom. The second kappa shape index (κ2) is 6.04. The van der Waals surface area contributed by atoms with Gasteiger partial charge in [0.05, 0.1) is 11.4 Å². The molecule has 0 atom stereocenters. The van der Waals surface area contributed by atoms with E-state index in [1.165, 1.54) is 12.1 Å². The van der Waals surface area contributed by atoms with E-state index in [1.54, 1.807) is 0 Å². The number of rotatable bonds is 3. The summed E-state index contributed by atoms with van der Waals surface area (Å²) < 4.78 is 67.1. The zero-order valence-electron chi connectivity index (χ0n) is 17.7. The van der Waals surface area contributed by atoms with E-state index in [1.807, 2.05) is 0 Å². The van der Waals surface area contributed by atoms with Gasteiger partial charge in [0.2, 0.25) is 5.88 Å². The highest BCUT2D eigenvalue weighted by molar-refractivity contribution is 6.37. The van der Waals surface area contributed by atoms with Gasteiger partial charge in [0.1, 0.15) is 0 Å². The Balaban J connectivity index is 2.72. The van der Waals surface area contributed by atoms with Crippen molar-refractivity contribution in [3.05, 3.63) is 38.9 Å². The molecular weight excluding hydrogens is 321 g/mol. The third-order valence-electron chi connectivity index (χ3n) is 2.14. The highest BCUT2D eigenvalue weighted by Gasteiger charge is 2.14. The molecular formula is C13H12Cl3N3O. The second-order valence-corrected chi connectivity index (χ2v) is 4.76. The van der Waals surface area contributed by atoms with Crippen LogP contribution in [0.4, 0.5) is 5.69 Å². The van der Waals surface area contributed by atoms with Gasteiger partial charge in [0, 0.05) is 21.3 Å². The zero-order chi connectivity index (χ0) is 21.7. The zero-order valence-corrected chi connectivity index (χ0v) is 11.9. The Morgan fingerprint density at radius 2 is 1.95 bits per heavy atom. The largest absolute Gasteiger partial charge is 0.434 e. The van der Waals surface area contributed by atoms with Gasteiger partial charge in [-0.2, -0.15) is 0 Å². The smallest absolute Gasteiger partial charge is 0.239 e. The molecule has 1 heterocycles. The summed E-state index contributed by atoms with van der Waals surface area (Å²) in [5.74, 6) is -4.08. The Hall–Kier alpha value is -1.23. The third-order valence-corrected chi connectivity index (χ3v) is 2.96. The quantitative estimate of drug-likeness (QED) is 0.804. The van der Waals surface area contributed by atoms with Crippen molar-refractivity contribution in [3.63, 3.8) is 0 Å². The van der Waals surface area contributed by atoms with Crippen molar-refractivity contribution in [3.8, 4) is 11.6 Å². The van der Waals surface area contributed by atoms with Crippen LogP contribution in [0.5, 0.6) is 11.6 Å². The minimum atomic E-state index is -3.38. The molecule has 2 N–H and O–H groups in total. The lowest BCUT2D eigenvalue weighted by Gasteiger charge is -2.11. The molecule has 1 aromatic carbocycles. The first-order valence-corrected chi connectivity index (χ1v) is 6.20. The predicted octanol–water partition coefficient (Wildman–Crippen LogP) is 4.93. The van der Waals surface area contributed by atoms with Crippen LogP contribution in [0.25, 0.3) is 0 Å². The maximum atomic E-state index is 8.21. The summed E-state index contributed by atoms with van der Waals surface area (Å²) in [6.45, 7) is -6.76. The van der Waals surface area contributed by atoms with Crippen LogP contribution in [0.3, 0.4) is 0 Å². The van der Waals surface area contributed by atoms with Gasteiger partial charge in [-0.3, -0.25) is 0 Å². The molecule has 0 aliphatic heterocycles. The van der Waals surface area contributed by atoms with Crippen molar-refractivity contribution in [1.29, 1.82) is 0 Å². The average Bonchev–Trinajstić information content (AvgIpc) is 2.50. The van der Waals surface area contributed by atoms with Crippen molar-refractivity contribution in [1.82, 2.24) is 10.2 Å². The predicted molar refractivity (Wildman–Crippen MR) is 82.1 cm³/mol. The molecule has 0 aliphatic rings. The van der Waals surface area contributed by atoms with Crippen LogP contribution in [-0.2, 0) is 0 Å². The number of benzene rings is 1. The summed E-state index contributed by atoms with van der Waals surface area (Å²) in [7, 11) is 0. The van der Waals surface area contributed by atoms with Crippen LogP contribution in [0.15, 0.2) is 18.2 Å². The van der Waals surface area contributed by atoms with Gasteiger partial charge in [0.15, 0.2) is 10.9 Å². The molecule has 0 saturated carbocycles. The molecule has 4 nitrogen and oxygen atoms in total. The molecule has 0 spiro atoms. The minimum Gasteiger partial charge on any atom is -0.434 e. The van der Waals surface area contributed by atoms with Crippen molar-refractivity contribution in [2.75, 3.05) is 5.73 Å². The Labute approximate surface area is 143 Å². The standard InChI is InChI=1S/C13H12Cl3N3O/c1-6(2)8-5-11(18-19-13(8)16)20-12-9(14)3-7(17)4-10(12)15/h3-6H,17H2,1-2H3/i1D3,2D3,5D,6D. The number of halogens is 3. The monoisotopic (exact) mass is 339 g/mol. The normalized spacial score (nSPS) is 18.6. The maximum absolute atomic E-state index is 8.21. The van der Waals surface area contributed by atoms with Gasteiger partial charge in [0.25, 0.3) is 0 Å². The molecule has 2 aromatic rings. The third kappa shape index (κ3) is 3.26. The fraction of sp³-hybridized carbons (Fsp3) is 0.231. The fourth-order valence-corrected chi connectivity index (χ4v) is 2.07. The van der Waals surface area contributed by atoms with E-state index in [9.17, 15) is 0 Å². The Morgan fingerprint density at radius 3 is 2.55 bits per heavy atom. The molecule has 0 amide bonds. The molecule has 0 bridgehead atoms. The summed E-state index contributed by atoms with van der Waals surface area (Å²) in [6.07, 6.45) is 0. The SMILES string of the molecule is [2H]c1c(Oc2c(Cl)cc(N)cc2Cl)nnc(Cl)c1C([2H])(C([2H])([2H])[2H])C([2H])([2H])[2H]. The van der Waals surface area contributed by atoms with Crippen LogP contribution in [-0.4, -0.2) is 10.2 Å². The highest BCUT2D eigenvalue weighted by atomic mass is 35.5. The van der Waals surface area contributed by atoms with Gasteiger partial charge in [-0.25, -0.2) is 0 Å². The number of nitrogens with zero attached hydrogens (tertiary/aromatic N) is 2. The van der Waals surface area contributed by atoms with Crippen molar-refractivity contribution < 1.29 is 15.7 Å². The summed E-state index contributed by atoms with van der Waals surface area (Å²) in [5, 5.41) is 6.14. The minimum absolute atomic E-state index is 0.0496. The van der Waals surface area contributed by atoms with E-state index < -0.39 is 42.2 Å². The first kappa shape index (κ1) is 7.69. The van der Waals surface area contributed by atoms with Gasteiger partial charge >= 0.3 is 0 Å². The van der Waals surface area contributed by atoms with E-state index in [0.717, 1.165) is 0 Å². The molecule has 0 saturated heterocycles. The Kier molecular flexibility index (Phi) is 2.32. The number of ether oxygens (including phenoxy) is 1. The summed E-state index contributed by atoms with van der Waals surface area (Å²) in [5.41, 5.74) is 4.93. The molecule has 0 aliphatic carbocycles. The topological polar surface area (TPSA) is 61.0 Å². The first-order chi connectivity index (χ1) is 12.6. The first-order valence-electron chi connectivity index (χ1n) is 9.07. The van der Waals surface area contributed by atoms with E-state index in [2.05, 4.69) is 10.2 Å². The van der Waals surface area contributed by atoms with Crippen LogP contribution in [0.2, 0.25) is 15.2 Å². The molecule has 20 heavy (non-hydrogen) atoms. The molecule has 0 unspecified atom stereocenters. The van der Waals surface area contributed by atoms with Crippen LogP contribution in [0, 0.1) is 0 Å². The fourth-order valence-electron chi connectivity index (χ4n) is 1.31. The van der Waals surface area contributed by atoms with E-state index in [0.29, 0.717) is 0 Å². The molecule has 106 valence electrons. The second-order valence-electron chi connectivity index (χ2n) is 3.59. The number of nitrogens with two attached hydrogens (primary N) is 1. The molecule has 0 radical (unpaired) electrons. The lowest BCUT2D eigenvalue weighted by Crippen LogP contribution is -1.98. The van der Waals surface area contributed by atoms with Crippen LogP contribution in [0.1, 0.15) is 36.1 Å². The van der Waals surface area contributed by atoms with E-state index in [-0.39, 0.29) is 21.5 Å². The Bertz CT molecular complexity index is 882. The molecule has 2 rings (SSSR count). The molecule has 7 heteroatoms. The van der Waals surface area contributed by atoms with E-state index in [4.69, 9.17) is 56.2 Å². The number of hydrogen-bond acceptors (Lipinski definition) is 4.